The van der Waals surface area contributed by atoms with E-state index in [2.05, 4.69) is 6.58 Å². The first-order valence-corrected chi connectivity index (χ1v) is 9.74. The standard InChI is InChI=1S/C23H24N2O5/c1-5-10-25-14-11-22(2,3)12-15(26)17(14)23(21(25)28)13-8-6-7-9-16(13)30-19(24)18(23)20(27)29-4/h5-9H,1,10-12,24H2,2-4H3. The van der Waals surface area contributed by atoms with Crippen molar-refractivity contribution in [2.75, 3.05) is 13.7 Å². The van der Waals surface area contributed by atoms with Gasteiger partial charge in [-0.15, -0.1) is 6.58 Å². The van der Waals surface area contributed by atoms with Gasteiger partial charge in [-0.05, 0) is 17.9 Å². The van der Waals surface area contributed by atoms with Crippen LogP contribution in [0.5, 0.6) is 5.75 Å². The Hall–Kier alpha value is -3.35. The number of methoxy groups -OCH3 is 1. The number of hydrogen-bond acceptors (Lipinski definition) is 6. The van der Waals surface area contributed by atoms with Gasteiger partial charge in [0, 0.05) is 29.8 Å². The van der Waals surface area contributed by atoms with Crippen LogP contribution < -0.4 is 10.5 Å². The number of allylic oxidation sites excluding steroid dienone is 1. The van der Waals surface area contributed by atoms with Gasteiger partial charge in [-0.1, -0.05) is 38.1 Å². The number of Topliss-reactive ketones (excluding diaryl/α,β-unsaturated/α-hetero) is 1. The number of nitrogens with two attached hydrogens (primary N) is 1. The molecule has 1 amide bonds. The molecule has 30 heavy (non-hydrogen) atoms. The highest BCUT2D eigenvalue weighted by atomic mass is 16.5. The van der Waals surface area contributed by atoms with Crippen molar-refractivity contribution in [1.82, 2.24) is 4.90 Å². The van der Waals surface area contributed by atoms with Crippen LogP contribution >= 0.6 is 0 Å². The van der Waals surface area contributed by atoms with Crippen molar-refractivity contribution in [3.05, 3.63) is 65.2 Å². The third-order valence-electron chi connectivity index (χ3n) is 5.95. The normalized spacial score (nSPS) is 24.6. The molecule has 7 nitrogen and oxygen atoms in total. The lowest BCUT2D eigenvalue weighted by atomic mass is 9.63. The number of benzene rings is 1. The molecular formula is C23H24N2O5. The molecule has 2 aliphatic heterocycles. The number of hydrogen-bond donors (Lipinski definition) is 1. The van der Waals surface area contributed by atoms with Gasteiger partial charge in [-0.2, -0.15) is 0 Å². The minimum absolute atomic E-state index is 0.152. The molecule has 156 valence electrons. The van der Waals surface area contributed by atoms with E-state index in [1.165, 1.54) is 7.11 Å². The molecule has 2 N–H and O–H groups in total. The van der Waals surface area contributed by atoms with Crippen LogP contribution in [0.2, 0.25) is 0 Å². The highest BCUT2D eigenvalue weighted by Gasteiger charge is 2.64. The van der Waals surface area contributed by atoms with Crippen molar-refractivity contribution in [3.8, 4) is 5.75 Å². The Bertz CT molecular complexity index is 1070. The average Bonchev–Trinajstić information content (AvgIpc) is 2.90. The zero-order valence-electron chi connectivity index (χ0n) is 17.3. The second-order valence-electron chi connectivity index (χ2n) is 8.55. The molecule has 0 aromatic heterocycles. The van der Waals surface area contributed by atoms with E-state index in [4.69, 9.17) is 15.2 Å². The zero-order valence-corrected chi connectivity index (χ0v) is 17.3. The van der Waals surface area contributed by atoms with Crippen molar-refractivity contribution in [3.63, 3.8) is 0 Å². The summed E-state index contributed by atoms with van der Waals surface area (Å²) in [4.78, 5) is 42.0. The van der Waals surface area contributed by atoms with Crippen LogP contribution in [-0.2, 0) is 24.5 Å². The number of carbonyl (C=O) groups excluding carboxylic acids is 3. The minimum atomic E-state index is -1.70. The van der Waals surface area contributed by atoms with E-state index >= 15 is 0 Å². The smallest absolute Gasteiger partial charge is 0.340 e. The fraction of sp³-hybridized carbons (Fsp3) is 0.348. The van der Waals surface area contributed by atoms with E-state index in [0.29, 0.717) is 23.4 Å². The van der Waals surface area contributed by atoms with Crippen molar-refractivity contribution in [2.24, 2.45) is 11.1 Å². The van der Waals surface area contributed by atoms with Gasteiger partial charge in [0.2, 0.25) is 11.8 Å². The number of carbonyl (C=O) groups is 3. The first kappa shape index (κ1) is 19.9. The summed E-state index contributed by atoms with van der Waals surface area (Å²) >= 11 is 0. The van der Waals surface area contributed by atoms with Gasteiger partial charge in [-0.3, -0.25) is 9.59 Å². The third-order valence-corrected chi connectivity index (χ3v) is 5.95. The van der Waals surface area contributed by atoms with Crippen molar-refractivity contribution < 1.29 is 23.9 Å². The van der Waals surface area contributed by atoms with Gasteiger partial charge < -0.3 is 20.1 Å². The van der Waals surface area contributed by atoms with Crippen molar-refractivity contribution >= 4 is 17.7 Å². The Kier molecular flexibility index (Phi) is 4.38. The molecule has 0 saturated heterocycles. The quantitative estimate of drug-likeness (QED) is 0.609. The number of amides is 1. The first-order chi connectivity index (χ1) is 14.2. The number of fused-ring (bicyclic) bond motifs is 3. The number of nitrogens with zero attached hydrogens (tertiary/aromatic N) is 1. The molecule has 1 aromatic rings. The molecule has 2 heterocycles. The highest BCUT2D eigenvalue weighted by Crippen LogP contribution is 2.57. The van der Waals surface area contributed by atoms with Gasteiger partial charge in [-0.25, -0.2) is 4.79 Å². The fourth-order valence-corrected chi connectivity index (χ4v) is 4.89. The number of ether oxygens (including phenoxy) is 2. The lowest BCUT2D eigenvalue weighted by Gasteiger charge is -2.38. The Morgan fingerprint density at radius 1 is 1.30 bits per heavy atom. The molecule has 0 fully saturated rings. The van der Waals surface area contributed by atoms with Gasteiger partial charge in [0.1, 0.15) is 16.7 Å². The average molecular weight is 408 g/mol. The van der Waals surface area contributed by atoms with Crippen LogP contribution in [-0.4, -0.2) is 36.2 Å². The summed E-state index contributed by atoms with van der Waals surface area (Å²) in [5.41, 5.74) is 5.29. The topological polar surface area (TPSA) is 98.9 Å². The molecule has 7 heteroatoms. The molecule has 1 atom stereocenters. The lowest BCUT2D eigenvalue weighted by Crippen LogP contribution is -2.49. The van der Waals surface area contributed by atoms with Gasteiger partial charge in [0.15, 0.2) is 5.78 Å². The molecule has 0 bridgehead atoms. The number of ketones is 1. The zero-order chi connectivity index (χ0) is 21.8. The van der Waals surface area contributed by atoms with Crippen LogP contribution in [0.4, 0.5) is 0 Å². The molecule has 0 saturated carbocycles. The number of esters is 1. The third kappa shape index (κ3) is 2.47. The van der Waals surface area contributed by atoms with Crippen molar-refractivity contribution in [2.45, 2.75) is 32.1 Å². The van der Waals surface area contributed by atoms with Crippen LogP contribution in [0, 0.1) is 5.41 Å². The van der Waals surface area contributed by atoms with E-state index in [1.54, 1.807) is 35.2 Å². The second-order valence-corrected chi connectivity index (χ2v) is 8.55. The molecule has 1 spiro atoms. The summed E-state index contributed by atoms with van der Waals surface area (Å²) in [6.07, 6.45) is 2.36. The number of rotatable bonds is 3. The predicted octanol–water partition coefficient (Wildman–Crippen LogP) is 2.33. The van der Waals surface area contributed by atoms with E-state index in [-0.39, 0.29) is 41.2 Å². The van der Waals surface area contributed by atoms with Crippen molar-refractivity contribution in [1.29, 1.82) is 0 Å². The number of para-hydroxylation sites is 1. The molecule has 1 unspecified atom stereocenters. The van der Waals surface area contributed by atoms with Crippen LogP contribution in [0.3, 0.4) is 0 Å². The monoisotopic (exact) mass is 408 g/mol. The molecule has 3 aliphatic rings. The lowest BCUT2D eigenvalue weighted by molar-refractivity contribution is -0.140. The summed E-state index contributed by atoms with van der Waals surface area (Å²) < 4.78 is 10.7. The summed E-state index contributed by atoms with van der Waals surface area (Å²) in [6, 6.07) is 6.84. The van der Waals surface area contributed by atoms with Gasteiger partial charge in [0.25, 0.3) is 0 Å². The van der Waals surface area contributed by atoms with E-state index in [9.17, 15) is 14.4 Å². The second kappa shape index (κ2) is 6.58. The summed E-state index contributed by atoms with van der Waals surface area (Å²) in [7, 11) is 1.21. The van der Waals surface area contributed by atoms with E-state index < -0.39 is 17.3 Å². The van der Waals surface area contributed by atoms with Crippen LogP contribution in [0.25, 0.3) is 0 Å². The van der Waals surface area contributed by atoms with Crippen LogP contribution in [0.15, 0.2) is 59.6 Å². The Morgan fingerprint density at radius 2 is 2.00 bits per heavy atom. The molecule has 1 aliphatic carbocycles. The molecular weight excluding hydrogens is 384 g/mol. The Labute approximate surface area is 174 Å². The molecule has 1 aromatic carbocycles. The van der Waals surface area contributed by atoms with E-state index in [0.717, 1.165) is 0 Å². The minimum Gasteiger partial charge on any atom is -0.465 e. The molecule has 0 radical (unpaired) electrons. The summed E-state index contributed by atoms with van der Waals surface area (Å²) in [6.45, 7) is 7.94. The Morgan fingerprint density at radius 3 is 2.67 bits per heavy atom. The largest absolute Gasteiger partial charge is 0.465 e. The van der Waals surface area contributed by atoms with Gasteiger partial charge >= 0.3 is 5.97 Å². The predicted molar refractivity (Wildman–Crippen MR) is 109 cm³/mol. The maximum Gasteiger partial charge on any atom is 0.340 e. The fourth-order valence-electron chi connectivity index (χ4n) is 4.89. The van der Waals surface area contributed by atoms with Crippen LogP contribution in [0.1, 0.15) is 32.3 Å². The Balaban J connectivity index is 2.13. The summed E-state index contributed by atoms with van der Waals surface area (Å²) in [5, 5.41) is 0. The molecule has 4 rings (SSSR count). The maximum absolute atomic E-state index is 14.1. The highest BCUT2D eigenvalue weighted by molar-refractivity contribution is 6.19. The maximum atomic E-state index is 14.1. The van der Waals surface area contributed by atoms with Gasteiger partial charge in [0.05, 0.1) is 7.11 Å². The SMILES string of the molecule is C=CCN1C(=O)C2(C(C(=O)OC)=C(N)Oc3ccccc32)C2=C1CC(C)(C)CC2=O. The van der Waals surface area contributed by atoms with E-state index in [1.807, 2.05) is 13.8 Å². The summed E-state index contributed by atoms with van der Waals surface area (Å²) in [5.74, 6) is -1.32. The first-order valence-electron chi connectivity index (χ1n) is 9.74.